The van der Waals surface area contributed by atoms with Crippen LogP contribution in [0.3, 0.4) is 0 Å². The number of rotatable bonds is 3. The highest BCUT2D eigenvalue weighted by Gasteiger charge is 2.09. The van der Waals surface area contributed by atoms with E-state index in [1.807, 2.05) is 0 Å². The second-order valence-corrected chi connectivity index (χ2v) is 2.87. The maximum absolute atomic E-state index is 13.1. The van der Waals surface area contributed by atoms with Crippen LogP contribution in [0.1, 0.15) is 12.5 Å². The first-order valence-electron chi connectivity index (χ1n) is 4.54. The van der Waals surface area contributed by atoms with E-state index in [0.717, 1.165) is 12.2 Å². The topological polar surface area (TPSA) is 26.3 Å². The standard InChI is InChI=1S/C11H9F3O2/c1-2-16-11(15)4-3-8-9(13)5-7(12)6-10(8)14/h3-6H,2H2,1H3. The first-order chi connectivity index (χ1) is 7.54. The van der Waals surface area contributed by atoms with Gasteiger partial charge in [0.1, 0.15) is 17.5 Å². The molecule has 0 aromatic heterocycles. The number of halogens is 3. The molecule has 0 spiro atoms. The number of carbonyl (C=O) groups is 1. The Labute approximate surface area is 90.3 Å². The van der Waals surface area contributed by atoms with Crippen molar-refractivity contribution in [2.45, 2.75) is 6.92 Å². The zero-order valence-electron chi connectivity index (χ0n) is 8.47. The highest BCUT2D eigenvalue weighted by atomic mass is 19.1. The summed E-state index contributed by atoms with van der Waals surface area (Å²) in [5.41, 5.74) is -0.477. The number of carbonyl (C=O) groups excluding carboxylic acids is 1. The van der Waals surface area contributed by atoms with Crippen LogP contribution in [0.5, 0.6) is 0 Å². The van der Waals surface area contributed by atoms with Crippen molar-refractivity contribution in [3.8, 4) is 0 Å². The fraction of sp³-hybridized carbons (Fsp3) is 0.182. The minimum absolute atomic E-state index is 0.164. The molecule has 2 nitrogen and oxygen atoms in total. The molecule has 0 amide bonds. The average Bonchev–Trinajstić information content (AvgIpc) is 2.16. The molecule has 1 rings (SSSR count). The van der Waals surface area contributed by atoms with E-state index in [1.54, 1.807) is 6.92 Å². The van der Waals surface area contributed by atoms with Crippen molar-refractivity contribution in [2.75, 3.05) is 6.61 Å². The lowest BCUT2D eigenvalue weighted by Crippen LogP contribution is -1.99. The Morgan fingerprint density at radius 2 is 1.88 bits per heavy atom. The van der Waals surface area contributed by atoms with E-state index in [1.165, 1.54) is 0 Å². The highest BCUT2D eigenvalue weighted by molar-refractivity contribution is 5.87. The maximum Gasteiger partial charge on any atom is 0.330 e. The van der Waals surface area contributed by atoms with E-state index >= 15 is 0 Å². The smallest absolute Gasteiger partial charge is 0.330 e. The Morgan fingerprint density at radius 3 is 2.38 bits per heavy atom. The molecule has 0 saturated heterocycles. The summed E-state index contributed by atoms with van der Waals surface area (Å²) in [6, 6.07) is 1.07. The molecule has 0 fully saturated rings. The Hall–Kier alpha value is -1.78. The molecule has 0 aliphatic rings. The van der Waals surface area contributed by atoms with E-state index in [-0.39, 0.29) is 6.61 Å². The first-order valence-corrected chi connectivity index (χ1v) is 4.54. The average molecular weight is 230 g/mol. The number of hydrogen-bond donors (Lipinski definition) is 0. The third-order valence-electron chi connectivity index (χ3n) is 1.72. The quantitative estimate of drug-likeness (QED) is 0.589. The third-order valence-corrected chi connectivity index (χ3v) is 1.72. The summed E-state index contributed by atoms with van der Waals surface area (Å²) < 4.78 is 43.2. The normalized spacial score (nSPS) is 10.8. The maximum atomic E-state index is 13.1. The van der Waals surface area contributed by atoms with Crippen LogP contribution in [-0.4, -0.2) is 12.6 Å². The van der Waals surface area contributed by atoms with Crippen LogP contribution < -0.4 is 0 Å². The van der Waals surface area contributed by atoms with E-state index in [4.69, 9.17) is 0 Å². The fourth-order valence-corrected chi connectivity index (χ4v) is 1.05. The number of ether oxygens (including phenoxy) is 1. The van der Waals surface area contributed by atoms with Gasteiger partial charge in [-0.15, -0.1) is 0 Å². The van der Waals surface area contributed by atoms with Crippen LogP contribution in [-0.2, 0) is 9.53 Å². The number of esters is 1. The van der Waals surface area contributed by atoms with Crippen LogP contribution in [0, 0.1) is 17.5 Å². The van der Waals surface area contributed by atoms with Gasteiger partial charge in [0.25, 0.3) is 0 Å². The molecular weight excluding hydrogens is 221 g/mol. The summed E-state index contributed by atoms with van der Waals surface area (Å²) in [5.74, 6) is -3.87. The van der Waals surface area contributed by atoms with Gasteiger partial charge in [-0.3, -0.25) is 0 Å². The van der Waals surface area contributed by atoms with Gasteiger partial charge in [0.05, 0.1) is 6.61 Å². The Balaban J connectivity index is 2.93. The minimum atomic E-state index is -1.07. The Morgan fingerprint density at radius 1 is 1.31 bits per heavy atom. The number of benzene rings is 1. The molecule has 1 aromatic carbocycles. The number of hydrogen-bond acceptors (Lipinski definition) is 2. The predicted octanol–water partition coefficient (Wildman–Crippen LogP) is 2.68. The van der Waals surface area contributed by atoms with Gasteiger partial charge in [-0.2, -0.15) is 0 Å². The van der Waals surface area contributed by atoms with Crippen LogP contribution in [0.25, 0.3) is 6.08 Å². The summed E-state index contributed by atoms with van der Waals surface area (Å²) in [5, 5.41) is 0. The lowest BCUT2D eigenvalue weighted by Gasteiger charge is -1.99. The van der Waals surface area contributed by atoms with E-state index in [9.17, 15) is 18.0 Å². The molecule has 1 aromatic rings. The van der Waals surface area contributed by atoms with Gasteiger partial charge >= 0.3 is 5.97 Å². The monoisotopic (exact) mass is 230 g/mol. The lowest BCUT2D eigenvalue weighted by molar-refractivity contribution is -0.137. The van der Waals surface area contributed by atoms with Crippen molar-refractivity contribution in [3.63, 3.8) is 0 Å². The zero-order valence-corrected chi connectivity index (χ0v) is 8.47. The summed E-state index contributed by atoms with van der Waals surface area (Å²) in [7, 11) is 0. The fourth-order valence-electron chi connectivity index (χ4n) is 1.05. The van der Waals surface area contributed by atoms with Gasteiger partial charge in [-0.1, -0.05) is 0 Å². The Bertz CT molecular complexity index is 404. The van der Waals surface area contributed by atoms with Crippen molar-refractivity contribution in [1.29, 1.82) is 0 Å². The van der Waals surface area contributed by atoms with E-state index < -0.39 is 29.0 Å². The van der Waals surface area contributed by atoms with Gasteiger partial charge in [-0.25, -0.2) is 18.0 Å². The molecule has 0 aliphatic carbocycles. The largest absolute Gasteiger partial charge is 0.463 e. The molecule has 0 saturated carbocycles. The third kappa shape index (κ3) is 3.12. The van der Waals surface area contributed by atoms with Crippen molar-refractivity contribution in [1.82, 2.24) is 0 Å². The van der Waals surface area contributed by atoms with Gasteiger partial charge in [0, 0.05) is 23.8 Å². The molecule has 0 unspecified atom stereocenters. The summed E-state index contributed by atoms with van der Waals surface area (Å²) in [6.07, 6.45) is 1.78. The molecule has 0 radical (unpaired) electrons. The molecule has 16 heavy (non-hydrogen) atoms. The van der Waals surface area contributed by atoms with Crippen molar-refractivity contribution < 1.29 is 22.7 Å². The molecule has 86 valence electrons. The summed E-state index contributed by atoms with van der Waals surface area (Å²) >= 11 is 0. The lowest BCUT2D eigenvalue weighted by atomic mass is 10.2. The highest BCUT2D eigenvalue weighted by Crippen LogP contribution is 2.16. The molecule has 5 heteroatoms. The van der Waals surface area contributed by atoms with Crippen LogP contribution in [0.2, 0.25) is 0 Å². The molecule has 0 heterocycles. The minimum Gasteiger partial charge on any atom is -0.463 e. The van der Waals surface area contributed by atoms with Gasteiger partial charge in [-0.05, 0) is 13.0 Å². The molecule has 0 N–H and O–H groups in total. The van der Waals surface area contributed by atoms with Gasteiger partial charge < -0.3 is 4.74 Å². The molecular formula is C11H9F3O2. The summed E-state index contributed by atoms with van der Waals surface area (Å²) in [4.78, 5) is 10.9. The zero-order chi connectivity index (χ0) is 12.1. The predicted molar refractivity (Wildman–Crippen MR) is 52.0 cm³/mol. The van der Waals surface area contributed by atoms with Gasteiger partial charge in [0.2, 0.25) is 0 Å². The molecule has 0 bridgehead atoms. The second-order valence-electron chi connectivity index (χ2n) is 2.87. The SMILES string of the molecule is CCOC(=O)C=Cc1c(F)cc(F)cc1F. The van der Waals surface area contributed by atoms with Crippen molar-refractivity contribution in [3.05, 3.63) is 41.2 Å². The van der Waals surface area contributed by atoms with Crippen LogP contribution in [0.4, 0.5) is 13.2 Å². The van der Waals surface area contributed by atoms with Crippen molar-refractivity contribution >= 4 is 12.0 Å². The van der Waals surface area contributed by atoms with Crippen LogP contribution in [0.15, 0.2) is 18.2 Å². The van der Waals surface area contributed by atoms with E-state index in [0.29, 0.717) is 12.1 Å². The van der Waals surface area contributed by atoms with Crippen molar-refractivity contribution in [2.24, 2.45) is 0 Å². The first kappa shape index (κ1) is 12.3. The van der Waals surface area contributed by atoms with E-state index in [2.05, 4.69) is 4.74 Å². The molecule has 0 aliphatic heterocycles. The molecule has 0 atom stereocenters. The Kier molecular flexibility index (Phi) is 4.10. The second kappa shape index (κ2) is 5.34. The van der Waals surface area contributed by atoms with Crippen LogP contribution >= 0.6 is 0 Å². The summed E-state index contributed by atoms with van der Waals surface area (Å²) in [6.45, 7) is 1.77. The van der Waals surface area contributed by atoms with Gasteiger partial charge in [0.15, 0.2) is 0 Å².